The summed E-state index contributed by atoms with van der Waals surface area (Å²) in [6.07, 6.45) is -3.75. The zero-order chi connectivity index (χ0) is 15.8. The fourth-order valence-electron chi connectivity index (χ4n) is 2.21. The van der Waals surface area contributed by atoms with Gasteiger partial charge in [-0.05, 0) is 38.5 Å². The fraction of sp³-hybridized carbons (Fsp3) is 0.429. The first-order valence-corrected chi connectivity index (χ1v) is 6.82. The second-order valence-electron chi connectivity index (χ2n) is 5.45. The largest absolute Gasteiger partial charge is 0.416 e. The molecule has 2 N–H and O–H groups in total. The second-order valence-corrected chi connectivity index (χ2v) is 5.86. The van der Waals surface area contributed by atoms with Crippen molar-refractivity contribution in [2.45, 2.75) is 38.9 Å². The number of benzene rings is 1. The van der Waals surface area contributed by atoms with Gasteiger partial charge in [0.1, 0.15) is 10.5 Å². The minimum absolute atomic E-state index is 0.184. The van der Waals surface area contributed by atoms with E-state index in [0.717, 1.165) is 11.8 Å². The lowest BCUT2D eigenvalue weighted by atomic mass is 9.97. The minimum Gasteiger partial charge on any atom is -0.348 e. The van der Waals surface area contributed by atoms with Crippen molar-refractivity contribution in [3.63, 3.8) is 0 Å². The highest BCUT2D eigenvalue weighted by Crippen LogP contribution is 2.33. The number of nitrogens with zero attached hydrogens (tertiary/aromatic N) is 1. The Balaban J connectivity index is 2.19. The summed E-state index contributed by atoms with van der Waals surface area (Å²) in [6.45, 7) is 5.16. The van der Waals surface area contributed by atoms with Crippen molar-refractivity contribution in [1.29, 1.82) is 0 Å². The normalized spacial score (nSPS) is 21.7. The highest BCUT2D eigenvalue weighted by Gasteiger charge is 2.35. The summed E-state index contributed by atoms with van der Waals surface area (Å²) in [5, 5.41) is 6.96. The van der Waals surface area contributed by atoms with E-state index in [-0.39, 0.29) is 5.56 Å². The van der Waals surface area contributed by atoms with Crippen molar-refractivity contribution in [1.82, 2.24) is 5.43 Å². The topological polar surface area (TPSA) is 36.4 Å². The standard InChI is InChI=1S/C14H16F3N3S/c1-8-4-5-10(6-11(8)14(15,16)17)18-12(21)13(3)7-9(2)19-20-13/h4-6,20H,7H2,1-3H3,(H,18,21)/t13-/m0/s1. The van der Waals surface area contributed by atoms with Crippen LogP contribution in [0.4, 0.5) is 18.9 Å². The molecular formula is C14H16F3N3S. The Morgan fingerprint density at radius 3 is 2.57 bits per heavy atom. The summed E-state index contributed by atoms with van der Waals surface area (Å²) in [5.74, 6) is 0. The predicted octanol–water partition coefficient (Wildman–Crippen LogP) is 3.88. The van der Waals surface area contributed by atoms with Crippen LogP contribution in [-0.2, 0) is 6.18 Å². The van der Waals surface area contributed by atoms with Gasteiger partial charge in [0.05, 0.1) is 5.56 Å². The Bertz CT molecular complexity index is 610. The van der Waals surface area contributed by atoms with E-state index in [2.05, 4.69) is 15.8 Å². The van der Waals surface area contributed by atoms with Gasteiger partial charge in [0, 0.05) is 17.8 Å². The third kappa shape index (κ3) is 3.34. The minimum atomic E-state index is -4.38. The molecule has 1 heterocycles. The fourth-order valence-corrected chi connectivity index (χ4v) is 2.45. The predicted molar refractivity (Wildman–Crippen MR) is 81.7 cm³/mol. The quantitative estimate of drug-likeness (QED) is 0.813. The molecule has 3 nitrogen and oxygen atoms in total. The summed E-state index contributed by atoms with van der Waals surface area (Å²) in [7, 11) is 0. The van der Waals surface area contributed by atoms with E-state index in [9.17, 15) is 13.2 Å². The van der Waals surface area contributed by atoms with E-state index in [1.54, 1.807) is 6.07 Å². The van der Waals surface area contributed by atoms with Crippen molar-refractivity contribution in [3.8, 4) is 0 Å². The van der Waals surface area contributed by atoms with Crippen LogP contribution >= 0.6 is 12.2 Å². The number of hydrazone groups is 1. The molecule has 114 valence electrons. The monoisotopic (exact) mass is 315 g/mol. The van der Waals surface area contributed by atoms with Crippen molar-refractivity contribution in [2.75, 3.05) is 5.32 Å². The maximum Gasteiger partial charge on any atom is 0.416 e. The number of halogens is 3. The molecule has 21 heavy (non-hydrogen) atoms. The molecule has 0 saturated carbocycles. The van der Waals surface area contributed by atoms with Crippen LogP contribution in [0.3, 0.4) is 0 Å². The molecule has 0 saturated heterocycles. The molecule has 1 aromatic carbocycles. The van der Waals surface area contributed by atoms with Gasteiger partial charge < -0.3 is 5.32 Å². The van der Waals surface area contributed by atoms with E-state index in [1.165, 1.54) is 13.0 Å². The van der Waals surface area contributed by atoms with Crippen LogP contribution in [0, 0.1) is 6.92 Å². The Labute approximate surface area is 126 Å². The summed E-state index contributed by atoms with van der Waals surface area (Å²) in [6, 6.07) is 4.09. The molecule has 2 rings (SSSR count). The molecule has 0 amide bonds. The van der Waals surface area contributed by atoms with Gasteiger partial charge >= 0.3 is 6.18 Å². The molecule has 0 aromatic heterocycles. The first-order chi connectivity index (χ1) is 9.62. The van der Waals surface area contributed by atoms with Gasteiger partial charge in [-0.15, -0.1) is 0 Å². The Morgan fingerprint density at radius 2 is 2.05 bits per heavy atom. The summed E-state index contributed by atoms with van der Waals surface area (Å²) in [5.41, 5.74) is 3.11. The zero-order valence-corrected chi connectivity index (χ0v) is 12.7. The molecule has 1 aromatic rings. The number of aryl methyl sites for hydroxylation is 1. The second kappa shape index (κ2) is 5.29. The number of rotatable bonds is 2. The molecule has 0 fully saturated rings. The molecule has 0 radical (unpaired) electrons. The Morgan fingerprint density at radius 1 is 1.38 bits per heavy atom. The van der Waals surface area contributed by atoms with Gasteiger partial charge in [-0.25, -0.2) is 0 Å². The van der Waals surface area contributed by atoms with E-state index >= 15 is 0 Å². The van der Waals surface area contributed by atoms with Crippen molar-refractivity contribution < 1.29 is 13.2 Å². The van der Waals surface area contributed by atoms with Crippen molar-refractivity contribution in [3.05, 3.63) is 29.3 Å². The Kier molecular flexibility index (Phi) is 3.97. The van der Waals surface area contributed by atoms with Gasteiger partial charge in [-0.3, -0.25) is 5.43 Å². The first-order valence-electron chi connectivity index (χ1n) is 6.41. The molecule has 1 aliphatic rings. The third-order valence-electron chi connectivity index (χ3n) is 3.40. The van der Waals surface area contributed by atoms with Crippen LogP contribution in [0.15, 0.2) is 23.3 Å². The van der Waals surface area contributed by atoms with E-state index in [1.807, 2.05) is 13.8 Å². The molecular weight excluding hydrogens is 299 g/mol. The lowest BCUT2D eigenvalue weighted by Crippen LogP contribution is -2.46. The Hall–Kier alpha value is -1.63. The number of thiocarbonyl (C=S) groups is 1. The van der Waals surface area contributed by atoms with Crippen molar-refractivity contribution in [2.24, 2.45) is 5.10 Å². The summed E-state index contributed by atoms with van der Waals surface area (Å²) in [4.78, 5) is 0.417. The lowest BCUT2D eigenvalue weighted by molar-refractivity contribution is -0.138. The van der Waals surface area contributed by atoms with Crippen LogP contribution in [0.2, 0.25) is 0 Å². The molecule has 1 atom stereocenters. The van der Waals surface area contributed by atoms with Crippen molar-refractivity contribution >= 4 is 28.6 Å². The van der Waals surface area contributed by atoms with Gasteiger partial charge in [0.25, 0.3) is 0 Å². The highest BCUT2D eigenvalue weighted by molar-refractivity contribution is 7.80. The van der Waals surface area contributed by atoms with E-state index in [4.69, 9.17) is 12.2 Å². The number of nitrogens with one attached hydrogen (secondary N) is 2. The van der Waals surface area contributed by atoms with E-state index in [0.29, 0.717) is 17.1 Å². The average Bonchev–Trinajstić information content (AvgIpc) is 2.71. The molecule has 1 aliphatic heterocycles. The first kappa shape index (κ1) is 15.8. The van der Waals surface area contributed by atoms with Crippen LogP contribution in [-0.4, -0.2) is 16.2 Å². The number of alkyl halides is 3. The van der Waals surface area contributed by atoms with Gasteiger partial charge in [-0.2, -0.15) is 18.3 Å². The number of hydrogen-bond acceptors (Lipinski definition) is 3. The highest BCUT2D eigenvalue weighted by atomic mass is 32.1. The smallest absolute Gasteiger partial charge is 0.348 e. The SMILES string of the molecule is CC1=NN[C@](C)(C(=S)Nc2ccc(C)c(C(F)(F)F)c2)C1. The van der Waals surface area contributed by atoms with Gasteiger partial charge in [0.15, 0.2) is 0 Å². The van der Waals surface area contributed by atoms with Gasteiger partial charge in [0.2, 0.25) is 0 Å². The van der Waals surface area contributed by atoms with Crippen LogP contribution in [0.25, 0.3) is 0 Å². The average molecular weight is 315 g/mol. The lowest BCUT2D eigenvalue weighted by Gasteiger charge is -2.26. The molecule has 0 aliphatic carbocycles. The number of hydrogen-bond donors (Lipinski definition) is 2. The third-order valence-corrected chi connectivity index (χ3v) is 3.96. The maximum absolute atomic E-state index is 12.9. The van der Waals surface area contributed by atoms with Crippen LogP contribution < -0.4 is 10.7 Å². The number of anilines is 1. The summed E-state index contributed by atoms with van der Waals surface area (Å²) < 4.78 is 38.7. The van der Waals surface area contributed by atoms with E-state index < -0.39 is 17.3 Å². The van der Waals surface area contributed by atoms with Crippen LogP contribution in [0.5, 0.6) is 0 Å². The maximum atomic E-state index is 12.9. The zero-order valence-electron chi connectivity index (χ0n) is 11.9. The molecule has 0 bridgehead atoms. The molecule has 0 spiro atoms. The summed E-state index contributed by atoms with van der Waals surface area (Å²) >= 11 is 5.30. The van der Waals surface area contributed by atoms with Gasteiger partial charge in [-0.1, -0.05) is 18.3 Å². The molecule has 0 unspecified atom stereocenters. The molecule has 7 heteroatoms. The van der Waals surface area contributed by atoms with Crippen LogP contribution in [0.1, 0.15) is 31.4 Å².